The number of hydrogen-bond donors (Lipinski definition) is 2. The van der Waals surface area contributed by atoms with Crippen LogP contribution in [0.2, 0.25) is 0 Å². The van der Waals surface area contributed by atoms with Crippen LogP contribution in [0.5, 0.6) is 0 Å². The maximum atomic E-state index is 12.1. The van der Waals surface area contributed by atoms with E-state index in [1.807, 2.05) is 0 Å². The molecule has 0 unspecified atom stereocenters. The molecule has 1 aliphatic rings. The molecule has 0 saturated carbocycles. The van der Waals surface area contributed by atoms with Gasteiger partial charge in [-0.05, 0) is 31.3 Å². The van der Waals surface area contributed by atoms with E-state index < -0.39 is 0 Å². The topological polar surface area (TPSA) is 91.0 Å². The van der Waals surface area contributed by atoms with Gasteiger partial charge in [0.2, 0.25) is 17.7 Å². The van der Waals surface area contributed by atoms with Crippen molar-refractivity contribution >= 4 is 29.1 Å². The molecule has 3 amide bonds. The smallest absolute Gasteiger partial charge is 0.238 e. The van der Waals surface area contributed by atoms with Crippen molar-refractivity contribution in [3.05, 3.63) is 24.3 Å². The molecule has 8 heteroatoms. The first kappa shape index (κ1) is 18.9. The molecule has 1 aromatic carbocycles. The van der Waals surface area contributed by atoms with Gasteiger partial charge in [-0.25, -0.2) is 0 Å². The highest BCUT2D eigenvalue weighted by molar-refractivity contribution is 5.93. The van der Waals surface area contributed by atoms with Crippen LogP contribution in [-0.2, 0) is 19.1 Å². The molecule has 1 aliphatic heterocycles. The van der Waals surface area contributed by atoms with Gasteiger partial charge in [-0.2, -0.15) is 0 Å². The standard InChI is InChI=1S/C17H24N4O4/c1-13(22)18-14-3-5-15(6-4-14)19-16(23)11-20(2)12-17(24)21-7-9-25-10-8-21/h3-6H,7-12H2,1-2H3,(H,18,22)(H,19,23). The van der Waals surface area contributed by atoms with E-state index in [4.69, 9.17) is 4.74 Å². The van der Waals surface area contributed by atoms with Gasteiger partial charge < -0.3 is 20.3 Å². The summed E-state index contributed by atoms with van der Waals surface area (Å²) in [5, 5.41) is 5.43. The van der Waals surface area contributed by atoms with Crippen molar-refractivity contribution in [2.75, 3.05) is 57.1 Å². The number of nitrogens with zero attached hydrogens (tertiary/aromatic N) is 2. The molecule has 8 nitrogen and oxygen atoms in total. The van der Waals surface area contributed by atoms with Crippen molar-refractivity contribution in [3.8, 4) is 0 Å². The lowest BCUT2D eigenvalue weighted by atomic mass is 10.2. The molecular weight excluding hydrogens is 324 g/mol. The average molecular weight is 348 g/mol. The monoisotopic (exact) mass is 348 g/mol. The molecule has 2 rings (SSSR count). The van der Waals surface area contributed by atoms with Crippen molar-refractivity contribution in [1.82, 2.24) is 9.80 Å². The predicted molar refractivity (Wildman–Crippen MR) is 94.3 cm³/mol. The summed E-state index contributed by atoms with van der Waals surface area (Å²) in [6, 6.07) is 6.84. The van der Waals surface area contributed by atoms with E-state index in [1.54, 1.807) is 41.1 Å². The summed E-state index contributed by atoms with van der Waals surface area (Å²) < 4.78 is 5.22. The Morgan fingerprint density at radius 3 is 2.16 bits per heavy atom. The number of likely N-dealkylation sites (N-methyl/N-ethyl adjacent to an activating group) is 1. The van der Waals surface area contributed by atoms with Crippen molar-refractivity contribution in [2.24, 2.45) is 0 Å². The molecule has 0 atom stereocenters. The number of benzene rings is 1. The molecular formula is C17H24N4O4. The average Bonchev–Trinajstić information content (AvgIpc) is 2.56. The largest absolute Gasteiger partial charge is 0.378 e. The molecule has 136 valence electrons. The maximum Gasteiger partial charge on any atom is 0.238 e. The molecule has 0 bridgehead atoms. The minimum absolute atomic E-state index is 0.00161. The summed E-state index contributed by atoms with van der Waals surface area (Å²) >= 11 is 0. The Hall–Kier alpha value is -2.45. The second kappa shape index (κ2) is 9.14. The number of carbonyl (C=O) groups is 3. The van der Waals surface area contributed by atoms with Crippen LogP contribution in [0.25, 0.3) is 0 Å². The lowest BCUT2D eigenvalue weighted by Gasteiger charge is -2.28. The summed E-state index contributed by atoms with van der Waals surface area (Å²) in [6.07, 6.45) is 0. The van der Waals surface area contributed by atoms with E-state index in [9.17, 15) is 14.4 Å². The zero-order valence-corrected chi connectivity index (χ0v) is 14.6. The van der Waals surface area contributed by atoms with Gasteiger partial charge in [-0.1, -0.05) is 0 Å². The third-order valence-corrected chi connectivity index (χ3v) is 3.67. The Balaban J connectivity index is 1.76. The Kier molecular flexibility index (Phi) is 6.91. The zero-order valence-electron chi connectivity index (χ0n) is 14.6. The Morgan fingerprint density at radius 2 is 1.60 bits per heavy atom. The SMILES string of the molecule is CC(=O)Nc1ccc(NC(=O)CN(C)CC(=O)N2CCOCC2)cc1. The molecule has 0 radical (unpaired) electrons. The van der Waals surface area contributed by atoms with Crippen LogP contribution in [0.4, 0.5) is 11.4 Å². The number of hydrogen-bond acceptors (Lipinski definition) is 5. The molecule has 1 fully saturated rings. The summed E-state index contributed by atoms with van der Waals surface area (Å²) in [6.45, 7) is 4.05. The fraction of sp³-hybridized carbons (Fsp3) is 0.471. The van der Waals surface area contributed by atoms with Crippen LogP contribution in [-0.4, -0.2) is 74.0 Å². The van der Waals surface area contributed by atoms with Gasteiger partial charge in [-0.3, -0.25) is 19.3 Å². The number of anilines is 2. The van der Waals surface area contributed by atoms with Gasteiger partial charge in [0.05, 0.1) is 26.3 Å². The number of morpholine rings is 1. The number of carbonyl (C=O) groups excluding carboxylic acids is 3. The third-order valence-electron chi connectivity index (χ3n) is 3.67. The molecule has 0 aliphatic carbocycles. The van der Waals surface area contributed by atoms with Gasteiger partial charge in [0.25, 0.3) is 0 Å². The summed E-state index contributed by atoms with van der Waals surface area (Å²) in [7, 11) is 1.73. The molecule has 0 spiro atoms. The van der Waals surface area contributed by atoms with Crippen LogP contribution in [0, 0.1) is 0 Å². The van der Waals surface area contributed by atoms with E-state index in [2.05, 4.69) is 10.6 Å². The molecule has 1 aromatic rings. The van der Waals surface area contributed by atoms with Crippen molar-refractivity contribution in [1.29, 1.82) is 0 Å². The highest BCUT2D eigenvalue weighted by atomic mass is 16.5. The lowest BCUT2D eigenvalue weighted by Crippen LogP contribution is -2.46. The highest BCUT2D eigenvalue weighted by Crippen LogP contribution is 2.13. The summed E-state index contributed by atoms with van der Waals surface area (Å²) in [4.78, 5) is 38.6. The lowest BCUT2D eigenvalue weighted by molar-refractivity contribution is -0.136. The summed E-state index contributed by atoms with van der Waals surface area (Å²) in [5.74, 6) is -0.355. The van der Waals surface area contributed by atoms with Crippen LogP contribution in [0.15, 0.2) is 24.3 Å². The van der Waals surface area contributed by atoms with E-state index in [0.29, 0.717) is 37.7 Å². The van der Waals surface area contributed by atoms with Crippen LogP contribution in [0.3, 0.4) is 0 Å². The molecule has 1 heterocycles. The van der Waals surface area contributed by atoms with Crippen LogP contribution in [0.1, 0.15) is 6.92 Å². The minimum Gasteiger partial charge on any atom is -0.378 e. The number of ether oxygens (including phenoxy) is 1. The first-order valence-electron chi connectivity index (χ1n) is 8.15. The molecule has 25 heavy (non-hydrogen) atoms. The molecule has 2 N–H and O–H groups in total. The van der Waals surface area contributed by atoms with Crippen LogP contribution < -0.4 is 10.6 Å². The Labute approximate surface area is 147 Å². The van der Waals surface area contributed by atoms with Gasteiger partial charge in [0.1, 0.15) is 0 Å². The number of rotatable bonds is 6. The predicted octanol–water partition coefficient (Wildman–Crippen LogP) is 0.374. The minimum atomic E-state index is -0.204. The second-order valence-corrected chi connectivity index (χ2v) is 5.97. The van der Waals surface area contributed by atoms with Gasteiger partial charge in [0.15, 0.2) is 0 Å². The van der Waals surface area contributed by atoms with E-state index >= 15 is 0 Å². The highest BCUT2D eigenvalue weighted by Gasteiger charge is 2.19. The van der Waals surface area contributed by atoms with Crippen LogP contribution >= 0.6 is 0 Å². The number of nitrogens with one attached hydrogen (secondary N) is 2. The third kappa shape index (κ3) is 6.52. The van der Waals surface area contributed by atoms with Crippen molar-refractivity contribution in [3.63, 3.8) is 0 Å². The normalized spacial score (nSPS) is 14.3. The quantitative estimate of drug-likeness (QED) is 0.775. The van der Waals surface area contributed by atoms with Gasteiger partial charge in [0, 0.05) is 31.4 Å². The van der Waals surface area contributed by atoms with E-state index in [-0.39, 0.29) is 30.8 Å². The zero-order chi connectivity index (χ0) is 18.2. The Bertz CT molecular complexity index is 612. The van der Waals surface area contributed by atoms with E-state index in [1.165, 1.54) is 6.92 Å². The second-order valence-electron chi connectivity index (χ2n) is 5.97. The van der Waals surface area contributed by atoms with Crippen molar-refractivity contribution in [2.45, 2.75) is 6.92 Å². The van der Waals surface area contributed by atoms with Gasteiger partial charge in [-0.15, -0.1) is 0 Å². The molecule has 0 aromatic heterocycles. The fourth-order valence-corrected chi connectivity index (χ4v) is 2.49. The fourth-order valence-electron chi connectivity index (χ4n) is 2.49. The first-order valence-corrected chi connectivity index (χ1v) is 8.15. The maximum absolute atomic E-state index is 12.1. The number of amides is 3. The molecule has 1 saturated heterocycles. The Morgan fingerprint density at radius 1 is 1.04 bits per heavy atom. The first-order chi connectivity index (χ1) is 11.9. The van der Waals surface area contributed by atoms with E-state index in [0.717, 1.165) is 0 Å². The van der Waals surface area contributed by atoms with Crippen molar-refractivity contribution < 1.29 is 19.1 Å². The van der Waals surface area contributed by atoms with Gasteiger partial charge >= 0.3 is 0 Å². The summed E-state index contributed by atoms with van der Waals surface area (Å²) in [5.41, 5.74) is 1.30.